The van der Waals surface area contributed by atoms with Gasteiger partial charge < -0.3 is 25.3 Å². The first-order valence-electron chi connectivity index (χ1n) is 15.9. The van der Waals surface area contributed by atoms with Crippen molar-refractivity contribution in [1.29, 1.82) is 0 Å². The molecule has 5 aromatic rings. The largest absolute Gasteiger partial charge is 0.382 e. The molecule has 0 spiro atoms. The summed E-state index contributed by atoms with van der Waals surface area (Å²) in [5.41, 5.74) is 6.88. The maximum atomic E-state index is 14.3. The summed E-state index contributed by atoms with van der Waals surface area (Å²) < 4.78 is 9.49. The van der Waals surface area contributed by atoms with E-state index in [9.17, 15) is 4.79 Å². The van der Waals surface area contributed by atoms with Gasteiger partial charge in [-0.2, -0.15) is 4.98 Å². The van der Waals surface area contributed by atoms with Crippen molar-refractivity contribution in [2.45, 2.75) is 45.2 Å². The van der Waals surface area contributed by atoms with Gasteiger partial charge in [-0.3, -0.25) is 14.3 Å². The maximum absolute atomic E-state index is 14.3. The number of fused-ring (bicyclic) bond motifs is 1. The second-order valence-corrected chi connectivity index (χ2v) is 12.3. The van der Waals surface area contributed by atoms with Crippen LogP contribution >= 0.6 is 0 Å². The summed E-state index contributed by atoms with van der Waals surface area (Å²) in [5.74, 6) is 0.791. The number of hydrogen-bond acceptors (Lipinski definition) is 8. The molecule has 2 aliphatic heterocycles. The van der Waals surface area contributed by atoms with E-state index in [-0.39, 0.29) is 5.56 Å². The Labute approximate surface area is 262 Å². The van der Waals surface area contributed by atoms with Crippen LogP contribution in [-0.2, 0) is 18.3 Å². The Morgan fingerprint density at radius 2 is 1.73 bits per heavy atom. The van der Waals surface area contributed by atoms with E-state index in [2.05, 4.69) is 33.1 Å². The van der Waals surface area contributed by atoms with E-state index in [0.29, 0.717) is 48.9 Å². The molecule has 0 aliphatic carbocycles. The fraction of sp³-hybridized carbons (Fsp3) is 0.371. The molecular weight excluding hydrogens is 564 g/mol. The van der Waals surface area contributed by atoms with Gasteiger partial charge in [0.25, 0.3) is 5.56 Å². The Balaban J connectivity index is 1.21. The highest BCUT2D eigenvalue weighted by Gasteiger charge is 2.21. The average Bonchev–Trinajstić information content (AvgIpc) is 3.50. The number of rotatable bonds is 8. The Morgan fingerprint density at radius 3 is 2.47 bits per heavy atom. The summed E-state index contributed by atoms with van der Waals surface area (Å²) >= 11 is 0. The minimum absolute atomic E-state index is 0.0662. The molecule has 6 heterocycles. The van der Waals surface area contributed by atoms with Crippen molar-refractivity contribution < 1.29 is 4.74 Å². The van der Waals surface area contributed by atoms with Gasteiger partial charge in [-0.05, 0) is 106 Å². The lowest BCUT2D eigenvalue weighted by molar-refractivity contribution is 0.0613. The Kier molecular flexibility index (Phi) is 8.32. The second-order valence-electron chi connectivity index (χ2n) is 12.3. The zero-order chi connectivity index (χ0) is 30.8. The Morgan fingerprint density at radius 1 is 0.956 bits per heavy atom. The molecule has 4 aromatic heterocycles. The average molecular weight is 605 g/mol. The predicted molar refractivity (Wildman–Crippen MR) is 179 cm³/mol. The molecule has 0 unspecified atom stereocenters. The number of piperidine rings is 1. The van der Waals surface area contributed by atoms with Crippen molar-refractivity contribution in [2.75, 3.05) is 36.9 Å². The van der Waals surface area contributed by atoms with Crippen molar-refractivity contribution in [2.24, 2.45) is 13.0 Å². The van der Waals surface area contributed by atoms with Crippen LogP contribution in [0.15, 0.2) is 71.9 Å². The third-order valence-corrected chi connectivity index (χ3v) is 9.07. The molecule has 0 bridgehead atoms. The van der Waals surface area contributed by atoms with Crippen LogP contribution in [0.25, 0.3) is 33.5 Å². The van der Waals surface area contributed by atoms with Crippen LogP contribution in [0.4, 0.5) is 17.3 Å². The van der Waals surface area contributed by atoms with Crippen molar-refractivity contribution in [3.05, 3.63) is 83.0 Å². The number of hydrogen-bond donors (Lipinski definition) is 3. The number of benzene rings is 1. The summed E-state index contributed by atoms with van der Waals surface area (Å²) in [5, 5.41) is 11.2. The van der Waals surface area contributed by atoms with Gasteiger partial charge in [-0.25, -0.2) is 4.98 Å². The smallest absolute Gasteiger partial charge is 0.260 e. The standard InChI is InChI=1S/C35H40N8O2/c1-23-18-31(32-4-3-15-42(32)2)37-21-30(23)29-19-25-20-38-35(41-33(25)43(34(29)44)22-24-11-16-45-17-12-24)40-27-7-5-26(6-8-27)39-28-9-13-36-14-10-28/h3-8,15,18-21,24,28,36,39H,9-14,16-17,22H2,1-2H3,(H,38,40,41). The normalized spacial score (nSPS) is 16.2. The molecule has 1 aromatic carbocycles. The monoisotopic (exact) mass is 604 g/mol. The summed E-state index contributed by atoms with van der Waals surface area (Å²) in [7, 11) is 2.00. The molecule has 0 amide bonds. The highest BCUT2D eigenvalue weighted by atomic mass is 16.5. The third kappa shape index (κ3) is 6.34. The van der Waals surface area contributed by atoms with Crippen LogP contribution < -0.4 is 21.5 Å². The van der Waals surface area contributed by atoms with Crippen LogP contribution in [0, 0.1) is 12.8 Å². The molecule has 45 heavy (non-hydrogen) atoms. The van der Waals surface area contributed by atoms with Gasteiger partial charge in [0.15, 0.2) is 0 Å². The van der Waals surface area contributed by atoms with E-state index in [1.807, 2.05) is 78.1 Å². The zero-order valence-corrected chi connectivity index (χ0v) is 25.9. The number of nitrogens with one attached hydrogen (secondary N) is 3. The first-order chi connectivity index (χ1) is 22.0. The summed E-state index contributed by atoms with van der Waals surface area (Å²) in [6.07, 6.45) is 9.70. The molecule has 7 rings (SSSR count). The van der Waals surface area contributed by atoms with Crippen molar-refractivity contribution in [3.63, 3.8) is 0 Å². The fourth-order valence-electron chi connectivity index (χ4n) is 6.45. The number of aryl methyl sites for hydroxylation is 2. The van der Waals surface area contributed by atoms with E-state index in [1.165, 1.54) is 0 Å². The van der Waals surface area contributed by atoms with E-state index < -0.39 is 0 Å². The predicted octanol–water partition coefficient (Wildman–Crippen LogP) is 5.50. The molecule has 2 aliphatic rings. The molecular formula is C35H40N8O2. The highest BCUT2D eigenvalue weighted by molar-refractivity contribution is 5.83. The maximum Gasteiger partial charge on any atom is 0.260 e. The minimum Gasteiger partial charge on any atom is -0.382 e. The second kappa shape index (κ2) is 12.8. The number of pyridine rings is 2. The van der Waals surface area contributed by atoms with Gasteiger partial charge in [0.2, 0.25) is 5.95 Å². The molecule has 3 N–H and O–H groups in total. The number of anilines is 3. The molecule has 232 valence electrons. The van der Waals surface area contributed by atoms with Gasteiger partial charge >= 0.3 is 0 Å². The van der Waals surface area contributed by atoms with Crippen LogP contribution in [0.5, 0.6) is 0 Å². The Bertz CT molecular complexity index is 1850. The van der Waals surface area contributed by atoms with Gasteiger partial charge in [-0.1, -0.05) is 0 Å². The van der Waals surface area contributed by atoms with E-state index >= 15 is 0 Å². The minimum atomic E-state index is -0.0662. The fourth-order valence-corrected chi connectivity index (χ4v) is 6.45. The lowest BCUT2D eigenvalue weighted by Crippen LogP contribution is -2.35. The summed E-state index contributed by atoms with van der Waals surface area (Å²) in [6.45, 7) is 6.14. The van der Waals surface area contributed by atoms with E-state index in [1.54, 1.807) is 0 Å². The third-order valence-electron chi connectivity index (χ3n) is 9.07. The SMILES string of the molecule is Cc1cc(-c2cccn2C)ncc1-c1cc2cnc(Nc3ccc(NC4CCNCC4)cc3)nc2n(CC2CCOCC2)c1=O. The number of aromatic nitrogens is 5. The van der Waals surface area contributed by atoms with Gasteiger partial charge in [-0.15, -0.1) is 0 Å². The molecule has 10 heteroatoms. The lowest BCUT2D eigenvalue weighted by Gasteiger charge is -2.24. The van der Waals surface area contributed by atoms with Gasteiger partial charge in [0.1, 0.15) is 5.65 Å². The molecule has 2 fully saturated rings. The number of nitrogens with zero attached hydrogens (tertiary/aromatic N) is 5. The van der Waals surface area contributed by atoms with Gasteiger partial charge in [0.05, 0.1) is 11.4 Å². The van der Waals surface area contributed by atoms with Crippen LogP contribution in [0.2, 0.25) is 0 Å². The zero-order valence-electron chi connectivity index (χ0n) is 25.9. The van der Waals surface area contributed by atoms with Crippen LogP contribution in [0.1, 0.15) is 31.2 Å². The molecule has 2 saturated heterocycles. The number of ether oxygens (including phenoxy) is 1. The topological polar surface area (TPSA) is 111 Å². The first kappa shape index (κ1) is 29.2. The molecule has 0 radical (unpaired) electrons. The summed E-state index contributed by atoms with van der Waals surface area (Å²) in [4.78, 5) is 28.6. The van der Waals surface area contributed by atoms with Gasteiger partial charge in [0, 0.05) is 79.3 Å². The van der Waals surface area contributed by atoms with Crippen LogP contribution in [0.3, 0.4) is 0 Å². The molecule has 0 saturated carbocycles. The van der Waals surface area contributed by atoms with Crippen molar-refractivity contribution in [3.8, 4) is 22.5 Å². The highest BCUT2D eigenvalue weighted by Crippen LogP contribution is 2.28. The van der Waals surface area contributed by atoms with E-state index in [0.717, 1.165) is 78.0 Å². The van der Waals surface area contributed by atoms with E-state index in [4.69, 9.17) is 14.7 Å². The van der Waals surface area contributed by atoms with Crippen molar-refractivity contribution >= 4 is 28.4 Å². The molecule has 10 nitrogen and oxygen atoms in total. The van der Waals surface area contributed by atoms with Crippen molar-refractivity contribution in [1.82, 2.24) is 29.4 Å². The lowest BCUT2D eigenvalue weighted by atomic mass is 9.99. The summed E-state index contributed by atoms with van der Waals surface area (Å²) in [6, 6.07) is 16.7. The first-order valence-corrected chi connectivity index (χ1v) is 15.9. The molecule has 0 atom stereocenters. The van der Waals surface area contributed by atoms with Crippen LogP contribution in [-0.4, -0.2) is 56.4 Å². The Hall–Kier alpha value is -4.54. The quantitative estimate of drug-likeness (QED) is 0.213.